The second-order valence-electron chi connectivity index (χ2n) is 7.70. The highest BCUT2D eigenvalue weighted by Gasteiger charge is 2.37. The second-order valence-corrected chi connectivity index (χ2v) is 7.70. The Labute approximate surface area is 168 Å². The first kappa shape index (κ1) is 23.2. The number of rotatable bonds is 4. The molecule has 0 aromatic heterocycles. The van der Waals surface area contributed by atoms with Gasteiger partial charge in [0, 0.05) is 38.4 Å². The molecule has 1 saturated heterocycles. The van der Waals surface area contributed by atoms with E-state index in [1.807, 2.05) is 0 Å². The monoisotopic (exact) mass is 403 g/mol. The van der Waals surface area contributed by atoms with Crippen molar-refractivity contribution in [2.75, 3.05) is 26.3 Å². The molecule has 3 rings (SSSR count). The van der Waals surface area contributed by atoms with Crippen molar-refractivity contribution in [3.05, 3.63) is 35.4 Å². The van der Waals surface area contributed by atoms with Crippen molar-refractivity contribution >= 4 is 30.7 Å². The van der Waals surface area contributed by atoms with Crippen molar-refractivity contribution < 1.29 is 9.53 Å². The minimum absolute atomic E-state index is 0. The Kier molecular flexibility index (Phi) is 8.36. The molecule has 0 bridgehead atoms. The Morgan fingerprint density at radius 3 is 2.50 bits per heavy atom. The van der Waals surface area contributed by atoms with Crippen molar-refractivity contribution in [2.45, 2.75) is 50.7 Å². The smallest absolute Gasteiger partial charge is 0.240 e. The van der Waals surface area contributed by atoms with Crippen LogP contribution < -0.4 is 11.1 Å². The lowest BCUT2D eigenvalue weighted by molar-refractivity contribution is -0.130. The zero-order chi connectivity index (χ0) is 17.2. The number of nitrogens with zero attached hydrogens (tertiary/aromatic N) is 1. The summed E-state index contributed by atoms with van der Waals surface area (Å²) in [6, 6.07) is 8.62. The fourth-order valence-electron chi connectivity index (χ4n) is 3.56. The third-order valence-corrected chi connectivity index (χ3v) is 5.51. The molecule has 0 unspecified atom stereocenters. The van der Waals surface area contributed by atoms with Crippen LogP contribution in [0.5, 0.6) is 0 Å². The number of nitrogens with one attached hydrogen (secondary N) is 1. The highest BCUT2D eigenvalue weighted by Crippen LogP contribution is 2.25. The van der Waals surface area contributed by atoms with Gasteiger partial charge in [-0.15, -0.1) is 24.8 Å². The number of carbonyl (C=O) groups is 1. The van der Waals surface area contributed by atoms with E-state index >= 15 is 0 Å². The minimum Gasteiger partial charge on any atom is -0.381 e. The third-order valence-electron chi connectivity index (χ3n) is 5.51. The number of ether oxygens (including phenoxy) is 1. The largest absolute Gasteiger partial charge is 0.381 e. The zero-order valence-corrected chi connectivity index (χ0v) is 17.3. The van der Waals surface area contributed by atoms with Crippen molar-refractivity contribution in [1.82, 2.24) is 10.2 Å². The standard InChI is InChI=1S/C19H29N3O2.2ClH/c1-18(2,14-21-17(23)19(20)8-11-24-12-9-19)22-10-7-15-5-3-4-6-16(15)13-22;;/h3-6H,7-14,20H2,1-2H3,(H,21,23);2*1H. The van der Waals surface area contributed by atoms with Gasteiger partial charge in [0.1, 0.15) is 0 Å². The Hall–Kier alpha value is -0.850. The quantitative estimate of drug-likeness (QED) is 0.808. The van der Waals surface area contributed by atoms with Crippen LogP contribution in [-0.2, 0) is 22.5 Å². The fourth-order valence-corrected chi connectivity index (χ4v) is 3.56. The SMILES string of the molecule is CC(C)(CNC(=O)C1(N)CCOCC1)N1CCc2ccccc2C1.Cl.Cl. The van der Waals surface area contributed by atoms with Gasteiger partial charge in [-0.1, -0.05) is 24.3 Å². The number of carbonyl (C=O) groups excluding carboxylic acids is 1. The van der Waals surface area contributed by atoms with Crippen LogP contribution in [0.1, 0.15) is 37.8 Å². The van der Waals surface area contributed by atoms with Gasteiger partial charge in [-0.05, 0) is 44.2 Å². The molecule has 1 aromatic carbocycles. The number of halogens is 2. The maximum atomic E-state index is 12.5. The average molecular weight is 404 g/mol. The molecule has 3 N–H and O–H groups in total. The first-order valence-electron chi connectivity index (χ1n) is 8.87. The first-order chi connectivity index (χ1) is 11.4. The molecule has 2 heterocycles. The number of hydrogen-bond acceptors (Lipinski definition) is 4. The Bertz CT molecular complexity index is 604. The molecule has 7 heteroatoms. The Morgan fingerprint density at radius 1 is 1.23 bits per heavy atom. The van der Waals surface area contributed by atoms with Gasteiger partial charge in [0.05, 0.1) is 5.54 Å². The lowest BCUT2D eigenvalue weighted by atomic mass is 9.89. The van der Waals surface area contributed by atoms with Crippen LogP contribution in [0.3, 0.4) is 0 Å². The average Bonchev–Trinajstić information content (AvgIpc) is 2.60. The molecule has 0 saturated carbocycles. The molecule has 2 aliphatic heterocycles. The summed E-state index contributed by atoms with van der Waals surface area (Å²) in [6.45, 7) is 8.06. The summed E-state index contributed by atoms with van der Waals surface area (Å²) < 4.78 is 5.32. The van der Waals surface area contributed by atoms with E-state index < -0.39 is 5.54 Å². The molecule has 0 radical (unpaired) electrons. The predicted octanol–water partition coefficient (Wildman–Crippen LogP) is 2.29. The molecule has 5 nitrogen and oxygen atoms in total. The molecule has 2 aliphatic rings. The van der Waals surface area contributed by atoms with Crippen molar-refractivity contribution in [3.8, 4) is 0 Å². The Balaban J connectivity index is 0.00000169. The van der Waals surface area contributed by atoms with Crippen LogP contribution in [-0.4, -0.2) is 48.2 Å². The van der Waals surface area contributed by atoms with Gasteiger partial charge >= 0.3 is 0 Å². The van der Waals surface area contributed by atoms with E-state index in [1.54, 1.807) is 0 Å². The van der Waals surface area contributed by atoms with E-state index in [2.05, 4.69) is 48.3 Å². The summed E-state index contributed by atoms with van der Waals surface area (Å²) in [5, 5.41) is 3.09. The van der Waals surface area contributed by atoms with Gasteiger partial charge < -0.3 is 15.8 Å². The number of fused-ring (bicyclic) bond motifs is 1. The van der Waals surface area contributed by atoms with Crippen LogP contribution in [0.15, 0.2) is 24.3 Å². The number of benzene rings is 1. The summed E-state index contributed by atoms with van der Waals surface area (Å²) >= 11 is 0. The van der Waals surface area contributed by atoms with Gasteiger partial charge in [-0.2, -0.15) is 0 Å². The van der Waals surface area contributed by atoms with Crippen LogP contribution in [0.2, 0.25) is 0 Å². The maximum absolute atomic E-state index is 12.5. The molecule has 0 spiro atoms. The third kappa shape index (κ3) is 5.11. The van der Waals surface area contributed by atoms with Crippen LogP contribution in [0, 0.1) is 0 Å². The summed E-state index contributed by atoms with van der Waals surface area (Å²) in [4.78, 5) is 15.0. The maximum Gasteiger partial charge on any atom is 0.240 e. The minimum atomic E-state index is -0.775. The topological polar surface area (TPSA) is 67.6 Å². The van der Waals surface area contributed by atoms with E-state index in [9.17, 15) is 4.79 Å². The highest BCUT2D eigenvalue weighted by atomic mass is 35.5. The molecular formula is C19H31Cl2N3O2. The fraction of sp³-hybridized carbons (Fsp3) is 0.632. The van der Waals surface area contributed by atoms with Crippen molar-refractivity contribution in [3.63, 3.8) is 0 Å². The van der Waals surface area contributed by atoms with Crippen LogP contribution in [0.25, 0.3) is 0 Å². The molecule has 0 aliphatic carbocycles. The second kappa shape index (κ2) is 9.38. The van der Waals surface area contributed by atoms with Gasteiger partial charge in [0.25, 0.3) is 0 Å². The molecule has 26 heavy (non-hydrogen) atoms. The zero-order valence-electron chi connectivity index (χ0n) is 15.6. The van der Waals surface area contributed by atoms with Crippen molar-refractivity contribution in [2.24, 2.45) is 5.73 Å². The van der Waals surface area contributed by atoms with Gasteiger partial charge in [-0.25, -0.2) is 0 Å². The van der Waals surface area contributed by atoms with E-state index in [0.29, 0.717) is 32.6 Å². The van der Waals surface area contributed by atoms with E-state index in [-0.39, 0.29) is 36.3 Å². The van der Waals surface area contributed by atoms with E-state index in [1.165, 1.54) is 11.1 Å². The lowest BCUT2D eigenvalue weighted by Crippen LogP contribution is -2.60. The summed E-state index contributed by atoms with van der Waals surface area (Å²) in [5.41, 5.74) is 8.22. The Morgan fingerprint density at radius 2 is 1.85 bits per heavy atom. The molecule has 1 aromatic rings. The van der Waals surface area contributed by atoms with Crippen LogP contribution >= 0.6 is 24.8 Å². The molecular weight excluding hydrogens is 373 g/mol. The van der Waals surface area contributed by atoms with Gasteiger partial charge in [0.15, 0.2) is 0 Å². The van der Waals surface area contributed by atoms with Crippen molar-refractivity contribution in [1.29, 1.82) is 0 Å². The number of amides is 1. The molecule has 1 amide bonds. The highest BCUT2D eigenvalue weighted by molar-refractivity contribution is 5.86. The van der Waals surface area contributed by atoms with Gasteiger partial charge in [-0.3, -0.25) is 9.69 Å². The number of nitrogens with two attached hydrogens (primary N) is 1. The summed E-state index contributed by atoms with van der Waals surface area (Å²) in [5.74, 6) is -0.0451. The van der Waals surface area contributed by atoms with Crippen LogP contribution in [0.4, 0.5) is 0 Å². The first-order valence-corrected chi connectivity index (χ1v) is 8.87. The summed E-state index contributed by atoms with van der Waals surface area (Å²) in [7, 11) is 0. The summed E-state index contributed by atoms with van der Waals surface area (Å²) in [6.07, 6.45) is 2.25. The number of hydrogen-bond donors (Lipinski definition) is 2. The normalized spacial score (nSPS) is 19.5. The molecule has 1 fully saturated rings. The van der Waals surface area contributed by atoms with Gasteiger partial charge in [0.2, 0.25) is 5.91 Å². The predicted molar refractivity (Wildman–Crippen MR) is 109 cm³/mol. The lowest BCUT2D eigenvalue weighted by Gasteiger charge is -2.42. The molecule has 148 valence electrons. The van der Waals surface area contributed by atoms with E-state index in [0.717, 1.165) is 19.5 Å². The molecule has 0 atom stereocenters. The van der Waals surface area contributed by atoms with E-state index in [4.69, 9.17) is 10.5 Å².